The first-order chi connectivity index (χ1) is 10.1. The molecule has 0 unspecified atom stereocenters. The predicted molar refractivity (Wildman–Crippen MR) is 78.1 cm³/mol. The number of esters is 1. The van der Waals surface area contributed by atoms with E-state index in [1.165, 1.54) is 24.0 Å². The van der Waals surface area contributed by atoms with Crippen LogP contribution in [0.1, 0.15) is 25.0 Å². The minimum Gasteiger partial charge on any atom is -0.469 e. The molecule has 2 heterocycles. The van der Waals surface area contributed by atoms with Crippen LogP contribution in [0.2, 0.25) is 0 Å². The second-order valence-corrected chi connectivity index (χ2v) is 6.34. The van der Waals surface area contributed by atoms with E-state index in [2.05, 4.69) is 15.1 Å². The number of ether oxygens (including phenoxy) is 1. The van der Waals surface area contributed by atoms with Gasteiger partial charge in [0.15, 0.2) is 0 Å². The summed E-state index contributed by atoms with van der Waals surface area (Å²) in [5.41, 5.74) is 0.637. The van der Waals surface area contributed by atoms with Gasteiger partial charge in [-0.3, -0.25) is 14.7 Å². The molecule has 0 saturated heterocycles. The molecule has 7 nitrogen and oxygen atoms in total. The van der Waals surface area contributed by atoms with Crippen LogP contribution in [0.15, 0.2) is 17.2 Å². The first-order valence-electron chi connectivity index (χ1n) is 6.69. The third kappa shape index (κ3) is 3.10. The van der Waals surface area contributed by atoms with E-state index in [1.54, 1.807) is 11.8 Å². The fourth-order valence-corrected chi connectivity index (χ4v) is 3.52. The number of H-pyrrole nitrogens is 1. The molecule has 1 aliphatic rings. The van der Waals surface area contributed by atoms with Crippen molar-refractivity contribution in [2.75, 3.05) is 12.9 Å². The Kier molecular flexibility index (Phi) is 3.71. The third-order valence-corrected chi connectivity index (χ3v) is 5.00. The average molecular weight is 308 g/mol. The Morgan fingerprint density at radius 1 is 1.57 bits per heavy atom. The Morgan fingerprint density at radius 2 is 2.38 bits per heavy atom. The van der Waals surface area contributed by atoms with Gasteiger partial charge in [0, 0.05) is 11.8 Å². The Balaban J connectivity index is 1.59. The summed E-state index contributed by atoms with van der Waals surface area (Å²) in [4.78, 5) is 31.5. The van der Waals surface area contributed by atoms with Crippen LogP contribution in [0.5, 0.6) is 0 Å². The molecule has 0 amide bonds. The van der Waals surface area contributed by atoms with E-state index in [-0.39, 0.29) is 16.9 Å². The SMILES string of the molecule is COC(=O)CC1(CSCc2cc(=O)n3[nH]cnc3n2)CC1. The lowest BCUT2D eigenvalue weighted by Gasteiger charge is -2.12. The van der Waals surface area contributed by atoms with Crippen molar-refractivity contribution in [3.63, 3.8) is 0 Å². The molecule has 0 spiro atoms. The lowest BCUT2D eigenvalue weighted by Crippen LogP contribution is -2.16. The smallest absolute Gasteiger partial charge is 0.306 e. The molecule has 3 rings (SSSR count). The number of hydrogen-bond donors (Lipinski definition) is 1. The van der Waals surface area contributed by atoms with Gasteiger partial charge in [0.2, 0.25) is 0 Å². The molecular weight excluding hydrogens is 292 g/mol. The first kappa shape index (κ1) is 14.1. The largest absolute Gasteiger partial charge is 0.469 e. The topological polar surface area (TPSA) is 89.4 Å². The third-order valence-electron chi connectivity index (χ3n) is 3.68. The molecule has 2 aromatic rings. The van der Waals surface area contributed by atoms with Crippen LogP contribution < -0.4 is 5.56 Å². The van der Waals surface area contributed by atoms with Gasteiger partial charge in [-0.05, 0) is 24.0 Å². The van der Waals surface area contributed by atoms with Crippen molar-refractivity contribution in [3.05, 3.63) is 28.4 Å². The highest BCUT2D eigenvalue weighted by Gasteiger charge is 2.44. The van der Waals surface area contributed by atoms with Gasteiger partial charge in [0.25, 0.3) is 11.3 Å². The monoisotopic (exact) mass is 308 g/mol. The molecule has 0 atom stereocenters. The fraction of sp³-hybridized carbons (Fsp3) is 0.538. The summed E-state index contributed by atoms with van der Waals surface area (Å²) in [7, 11) is 1.42. The summed E-state index contributed by atoms with van der Waals surface area (Å²) >= 11 is 1.69. The second kappa shape index (κ2) is 5.51. The highest BCUT2D eigenvalue weighted by molar-refractivity contribution is 7.98. The summed E-state index contributed by atoms with van der Waals surface area (Å²) in [5, 5.41) is 2.71. The van der Waals surface area contributed by atoms with Crippen molar-refractivity contribution in [3.8, 4) is 0 Å². The Hall–Kier alpha value is -1.83. The van der Waals surface area contributed by atoms with Crippen LogP contribution in [0, 0.1) is 5.41 Å². The first-order valence-corrected chi connectivity index (χ1v) is 7.84. The quantitative estimate of drug-likeness (QED) is 0.801. The van der Waals surface area contributed by atoms with Gasteiger partial charge in [-0.2, -0.15) is 16.3 Å². The maximum absolute atomic E-state index is 11.8. The highest BCUT2D eigenvalue weighted by Crippen LogP contribution is 2.51. The van der Waals surface area contributed by atoms with Crippen LogP contribution >= 0.6 is 11.8 Å². The lowest BCUT2D eigenvalue weighted by atomic mass is 10.1. The molecule has 8 heteroatoms. The number of fused-ring (bicyclic) bond motifs is 1. The molecule has 0 bridgehead atoms. The van der Waals surface area contributed by atoms with Crippen LogP contribution in [-0.2, 0) is 15.3 Å². The molecule has 0 aromatic carbocycles. The number of hydrogen-bond acceptors (Lipinski definition) is 6. The maximum Gasteiger partial charge on any atom is 0.306 e. The number of thioether (sulfide) groups is 1. The minimum absolute atomic E-state index is 0.0865. The maximum atomic E-state index is 11.8. The molecule has 1 N–H and O–H groups in total. The highest BCUT2D eigenvalue weighted by atomic mass is 32.2. The summed E-state index contributed by atoms with van der Waals surface area (Å²) < 4.78 is 6.03. The Labute approximate surface area is 125 Å². The molecular formula is C13H16N4O3S. The van der Waals surface area contributed by atoms with E-state index in [1.807, 2.05) is 0 Å². The van der Waals surface area contributed by atoms with E-state index in [4.69, 9.17) is 4.74 Å². The zero-order chi connectivity index (χ0) is 14.9. The van der Waals surface area contributed by atoms with Gasteiger partial charge < -0.3 is 4.74 Å². The number of rotatable bonds is 6. The van der Waals surface area contributed by atoms with Crippen molar-refractivity contribution >= 4 is 23.5 Å². The normalized spacial score (nSPS) is 16.0. The Morgan fingerprint density at radius 3 is 3.10 bits per heavy atom. The number of aromatic amines is 1. The van der Waals surface area contributed by atoms with E-state index >= 15 is 0 Å². The van der Waals surface area contributed by atoms with Gasteiger partial charge >= 0.3 is 5.97 Å². The summed E-state index contributed by atoms with van der Waals surface area (Å²) in [6, 6.07) is 1.51. The molecule has 21 heavy (non-hydrogen) atoms. The zero-order valence-corrected chi connectivity index (χ0v) is 12.5. The van der Waals surface area contributed by atoms with Crippen LogP contribution in [0.25, 0.3) is 5.78 Å². The number of carbonyl (C=O) groups is 1. The van der Waals surface area contributed by atoms with Crippen molar-refractivity contribution in [2.24, 2.45) is 5.41 Å². The van der Waals surface area contributed by atoms with Crippen LogP contribution in [-0.4, -0.2) is 38.4 Å². The number of nitrogens with one attached hydrogen (secondary N) is 1. The van der Waals surface area contributed by atoms with E-state index in [0.29, 0.717) is 23.6 Å². The number of methoxy groups -OCH3 is 1. The van der Waals surface area contributed by atoms with Gasteiger partial charge in [-0.1, -0.05) is 0 Å². The fourth-order valence-electron chi connectivity index (χ4n) is 2.24. The second-order valence-electron chi connectivity index (χ2n) is 5.35. The van der Waals surface area contributed by atoms with Crippen molar-refractivity contribution < 1.29 is 9.53 Å². The summed E-state index contributed by atoms with van der Waals surface area (Å²) in [5.74, 6) is 1.75. The van der Waals surface area contributed by atoms with Gasteiger partial charge in [-0.15, -0.1) is 0 Å². The van der Waals surface area contributed by atoms with Gasteiger partial charge in [0.05, 0.1) is 19.2 Å². The molecule has 112 valence electrons. The van der Waals surface area contributed by atoms with E-state index in [0.717, 1.165) is 18.6 Å². The molecule has 1 aliphatic carbocycles. The molecule has 0 aliphatic heterocycles. The van der Waals surface area contributed by atoms with E-state index < -0.39 is 0 Å². The predicted octanol–water partition coefficient (Wildman–Crippen LogP) is 0.994. The molecule has 1 fully saturated rings. The van der Waals surface area contributed by atoms with Crippen LogP contribution in [0.4, 0.5) is 0 Å². The summed E-state index contributed by atoms with van der Waals surface area (Å²) in [6.07, 6.45) is 4.04. The Bertz CT molecular complexity index is 720. The molecule has 1 saturated carbocycles. The van der Waals surface area contributed by atoms with Crippen molar-refractivity contribution in [1.29, 1.82) is 0 Å². The van der Waals surface area contributed by atoms with Crippen molar-refractivity contribution in [2.45, 2.75) is 25.0 Å². The lowest BCUT2D eigenvalue weighted by molar-refractivity contribution is -0.141. The average Bonchev–Trinajstić information content (AvgIpc) is 3.03. The zero-order valence-electron chi connectivity index (χ0n) is 11.7. The van der Waals surface area contributed by atoms with E-state index in [9.17, 15) is 9.59 Å². The van der Waals surface area contributed by atoms with Gasteiger partial charge in [-0.25, -0.2) is 9.97 Å². The van der Waals surface area contributed by atoms with Crippen molar-refractivity contribution in [1.82, 2.24) is 19.6 Å². The standard InChI is InChI=1S/C13H16N4O3S/c1-20-11(19)5-13(2-3-13)7-21-6-9-4-10(18)17-12(16-9)14-8-15-17/h4,8H,2-3,5-7H2,1H3,(H,14,15,16). The van der Waals surface area contributed by atoms with Crippen LogP contribution in [0.3, 0.4) is 0 Å². The molecule has 2 aromatic heterocycles. The summed E-state index contributed by atoms with van der Waals surface area (Å²) in [6.45, 7) is 0. The number of nitrogens with zero attached hydrogens (tertiary/aromatic N) is 3. The number of aromatic nitrogens is 4. The minimum atomic E-state index is -0.163. The number of carbonyl (C=O) groups excluding carboxylic acids is 1. The van der Waals surface area contributed by atoms with Gasteiger partial charge in [0.1, 0.15) is 6.33 Å². The molecule has 0 radical (unpaired) electrons.